The molecule has 0 fully saturated rings. The average molecular weight is 458 g/mol. The molecule has 3 rings (SSSR count). The van der Waals surface area contributed by atoms with Crippen molar-refractivity contribution in [2.45, 2.75) is 0 Å². The van der Waals surface area contributed by atoms with Gasteiger partial charge in [0.05, 0.1) is 21.3 Å². The lowest BCUT2D eigenvalue weighted by atomic mass is 10.2. The fraction of sp³-hybridized carbons (Fsp3) is 0.0526. The molecular formula is C19H12Cl4N2O3. The molecule has 5 nitrogen and oxygen atoms in total. The van der Waals surface area contributed by atoms with E-state index in [0.29, 0.717) is 42.9 Å². The third kappa shape index (κ3) is 5.42. The highest BCUT2D eigenvalue weighted by Crippen LogP contribution is 2.35. The van der Waals surface area contributed by atoms with Crippen LogP contribution in [0.15, 0.2) is 58.0 Å². The largest absolute Gasteiger partial charge is 0.484 e. The quantitative estimate of drug-likeness (QED) is 0.276. The van der Waals surface area contributed by atoms with Crippen LogP contribution in [0.2, 0.25) is 20.1 Å². The number of halogens is 4. The zero-order chi connectivity index (χ0) is 20.1. The van der Waals surface area contributed by atoms with Crippen LogP contribution in [0.3, 0.4) is 0 Å². The Labute approximate surface area is 180 Å². The fourth-order valence-electron chi connectivity index (χ4n) is 2.16. The Bertz CT molecular complexity index is 1020. The molecule has 0 bridgehead atoms. The molecule has 0 aliphatic carbocycles. The van der Waals surface area contributed by atoms with Crippen LogP contribution in [0.25, 0.3) is 11.3 Å². The molecule has 1 N–H and O–H groups in total. The number of carbonyl (C=O) groups is 1. The molecule has 0 spiro atoms. The highest BCUT2D eigenvalue weighted by Gasteiger charge is 2.11. The Hall–Kier alpha value is -2.18. The van der Waals surface area contributed by atoms with E-state index in [0.717, 1.165) is 0 Å². The number of benzene rings is 2. The predicted molar refractivity (Wildman–Crippen MR) is 112 cm³/mol. The minimum Gasteiger partial charge on any atom is -0.484 e. The summed E-state index contributed by atoms with van der Waals surface area (Å²) in [6.07, 6.45) is 1.36. The molecule has 0 atom stereocenters. The number of nitrogens with one attached hydrogen (secondary N) is 1. The van der Waals surface area contributed by atoms with Crippen LogP contribution >= 0.6 is 46.4 Å². The molecule has 0 radical (unpaired) electrons. The summed E-state index contributed by atoms with van der Waals surface area (Å²) in [4.78, 5) is 11.8. The van der Waals surface area contributed by atoms with E-state index in [-0.39, 0.29) is 6.61 Å². The van der Waals surface area contributed by atoms with Gasteiger partial charge in [0.25, 0.3) is 5.91 Å². The van der Waals surface area contributed by atoms with Crippen LogP contribution in [0.4, 0.5) is 0 Å². The molecule has 0 aliphatic heterocycles. The van der Waals surface area contributed by atoms with Crippen LogP contribution in [0.1, 0.15) is 5.76 Å². The van der Waals surface area contributed by atoms with Gasteiger partial charge >= 0.3 is 0 Å². The fourth-order valence-corrected chi connectivity index (χ4v) is 2.92. The normalized spacial score (nSPS) is 11.0. The lowest BCUT2D eigenvalue weighted by Gasteiger charge is -2.04. The van der Waals surface area contributed by atoms with Gasteiger partial charge in [0, 0.05) is 10.6 Å². The molecular weight excluding hydrogens is 446 g/mol. The first-order valence-corrected chi connectivity index (χ1v) is 9.38. The second kappa shape index (κ2) is 9.34. The van der Waals surface area contributed by atoms with Crippen molar-refractivity contribution in [2.75, 3.05) is 6.61 Å². The Morgan fingerprint density at radius 3 is 2.46 bits per heavy atom. The lowest BCUT2D eigenvalue weighted by molar-refractivity contribution is -0.123. The van der Waals surface area contributed by atoms with Gasteiger partial charge in [-0.1, -0.05) is 46.4 Å². The van der Waals surface area contributed by atoms with E-state index >= 15 is 0 Å². The van der Waals surface area contributed by atoms with Crippen LogP contribution < -0.4 is 10.2 Å². The second-order valence-corrected chi connectivity index (χ2v) is 7.14. The van der Waals surface area contributed by atoms with Crippen LogP contribution in [0.5, 0.6) is 5.75 Å². The monoisotopic (exact) mass is 456 g/mol. The van der Waals surface area contributed by atoms with E-state index in [2.05, 4.69) is 10.5 Å². The third-order valence-electron chi connectivity index (χ3n) is 3.47. The SMILES string of the molecule is O=C(COc1ccc(Cl)cc1)NN=Cc1ccc(-c2cc(Cl)c(Cl)cc2Cl)o1. The lowest BCUT2D eigenvalue weighted by Crippen LogP contribution is -2.24. The van der Waals surface area contributed by atoms with Crippen molar-refractivity contribution < 1.29 is 13.9 Å². The number of rotatable bonds is 6. The molecule has 0 saturated carbocycles. The number of hydrazone groups is 1. The van der Waals surface area contributed by atoms with Gasteiger partial charge in [-0.3, -0.25) is 4.79 Å². The summed E-state index contributed by atoms with van der Waals surface area (Å²) >= 11 is 23.9. The van der Waals surface area contributed by atoms with Gasteiger partial charge in [-0.15, -0.1) is 0 Å². The van der Waals surface area contributed by atoms with Crippen molar-refractivity contribution in [3.05, 3.63) is 74.4 Å². The van der Waals surface area contributed by atoms with Gasteiger partial charge in [0.15, 0.2) is 6.61 Å². The Kier molecular flexibility index (Phi) is 6.86. The summed E-state index contributed by atoms with van der Waals surface area (Å²) < 4.78 is 11.0. The number of hydrogen-bond acceptors (Lipinski definition) is 4. The zero-order valence-corrected chi connectivity index (χ0v) is 17.1. The number of ether oxygens (including phenoxy) is 1. The summed E-state index contributed by atoms with van der Waals surface area (Å²) in [5, 5.41) is 5.53. The van der Waals surface area contributed by atoms with E-state index in [1.165, 1.54) is 12.3 Å². The first-order chi connectivity index (χ1) is 13.4. The van der Waals surface area contributed by atoms with E-state index < -0.39 is 5.91 Å². The summed E-state index contributed by atoms with van der Waals surface area (Å²) in [5.74, 6) is 1.00. The van der Waals surface area contributed by atoms with Gasteiger partial charge < -0.3 is 9.15 Å². The van der Waals surface area contributed by atoms with Crippen molar-refractivity contribution in [3.63, 3.8) is 0 Å². The predicted octanol–water partition coefficient (Wildman–Crippen LogP) is 6.09. The minimum absolute atomic E-state index is 0.193. The first-order valence-electron chi connectivity index (χ1n) is 7.87. The second-order valence-electron chi connectivity index (χ2n) is 5.48. The van der Waals surface area contributed by atoms with Gasteiger partial charge in [0.2, 0.25) is 0 Å². The third-order valence-corrected chi connectivity index (χ3v) is 4.75. The molecule has 1 heterocycles. The minimum atomic E-state index is -0.425. The molecule has 144 valence electrons. The van der Waals surface area contributed by atoms with E-state index in [1.807, 2.05) is 0 Å². The number of amides is 1. The van der Waals surface area contributed by atoms with Crippen LogP contribution in [0, 0.1) is 0 Å². The van der Waals surface area contributed by atoms with E-state index in [4.69, 9.17) is 55.6 Å². The average Bonchev–Trinajstić information content (AvgIpc) is 3.13. The Morgan fingerprint density at radius 2 is 1.71 bits per heavy atom. The summed E-state index contributed by atoms with van der Waals surface area (Å²) in [6, 6.07) is 13.2. The molecule has 1 amide bonds. The van der Waals surface area contributed by atoms with E-state index in [1.54, 1.807) is 42.5 Å². The molecule has 0 aliphatic rings. The van der Waals surface area contributed by atoms with Crippen molar-refractivity contribution in [1.29, 1.82) is 0 Å². The van der Waals surface area contributed by atoms with Crippen molar-refractivity contribution in [3.8, 4) is 17.1 Å². The summed E-state index contributed by atoms with van der Waals surface area (Å²) in [7, 11) is 0. The molecule has 28 heavy (non-hydrogen) atoms. The molecule has 0 unspecified atom stereocenters. The molecule has 0 saturated heterocycles. The maximum absolute atomic E-state index is 11.8. The number of hydrogen-bond donors (Lipinski definition) is 1. The molecule has 1 aromatic heterocycles. The smallest absolute Gasteiger partial charge is 0.277 e. The van der Waals surface area contributed by atoms with Crippen molar-refractivity contribution in [1.82, 2.24) is 5.43 Å². The van der Waals surface area contributed by atoms with Gasteiger partial charge in [0.1, 0.15) is 17.3 Å². The molecule has 9 heteroatoms. The van der Waals surface area contributed by atoms with Gasteiger partial charge in [-0.05, 0) is 48.5 Å². The highest BCUT2D eigenvalue weighted by atomic mass is 35.5. The molecule has 3 aromatic rings. The Morgan fingerprint density at radius 1 is 1.00 bits per heavy atom. The van der Waals surface area contributed by atoms with Crippen molar-refractivity contribution >= 4 is 58.5 Å². The van der Waals surface area contributed by atoms with Gasteiger partial charge in [-0.2, -0.15) is 5.10 Å². The maximum atomic E-state index is 11.8. The van der Waals surface area contributed by atoms with Crippen molar-refractivity contribution in [2.24, 2.45) is 5.10 Å². The number of carbonyl (C=O) groups excluding carboxylic acids is 1. The number of nitrogens with zero attached hydrogens (tertiary/aromatic N) is 1. The summed E-state index contributed by atoms with van der Waals surface area (Å²) in [6.45, 7) is -0.193. The number of furan rings is 1. The molecule has 2 aromatic carbocycles. The summed E-state index contributed by atoms with van der Waals surface area (Å²) in [5.41, 5.74) is 2.94. The highest BCUT2D eigenvalue weighted by molar-refractivity contribution is 6.44. The Balaban J connectivity index is 1.56. The van der Waals surface area contributed by atoms with Crippen LogP contribution in [-0.4, -0.2) is 18.7 Å². The maximum Gasteiger partial charge on any atom is 0.277 e. The topological polar surface area (TPSA) is 63.8 Å². The van der Waals surface area contributed by atoms with Gasteiger partial charge in [-0.25, -0.2) is 5.43 Å². The zero-order valence-electron chi connectivity index (χ0n) is 14.1. The van der Waals surface area contributed by atoms with E-state index in [9.17, 15) is 4.79 Å². The first kappa shape index (κ1) is 20.6. The standard InChI is InChI=1S/C19H12Cl4N2O3/c20-11-1-3-12(4-2-11)27-10-19(26)25-24-9-13-5-6-18(28-13)14-7-16(22)17(23)8-15(14)21/h1-9H,10H2,(H,25,26). The van der Waals surface area contributed by atoms with Crippen LogP contribution in [-0.2, 0) is 4.79 Å².